The Kier molecular flexibility index (Phi) is 3.75. The molecule has 0 saturated carbocycles. The molecule has 5 nitrogen and oxygen atoms in total. The lowest BCUT2D eigenvalue weighted by Gasteiger charge is -2.07. The van der Waals surface area contributed by atoms with E-state index in [4.69, 9.17) is 11.6 Å². The van der Waals surface area contributed by atoms with Crippen molar-refractivity contribution in [2.45, 2.75) is 32.7 Å². The molecule has 0 amide bonds. The van der Waals surface area contributed by atoms with E-state index in [0.29, 0.717) is 12.1 Å². The lowest BCUT2D eigenvalue weighted by molar-refractivity contribution is 0.0991. The quantitative estimate of drug-likeness (QED) is 0.636. The maximum Gasteiger partial charge on any atom is 0.182 e. The zero-order valence-electron chi connectivity index (χ0n) is 11.5. The van der Waals surface area contributed by atoms with E-state index in [-0.39, 0.29) is 5.78 Å². The van der Waals surface area contributed by atoms with Crippen LogP contribution in [0.15, 0.2) is 12.4 Å². The molecule has 0 spiro atoms. The van der Waals surface area contributed by atoms with Gasteiger partial charge < -0.3 is 4.57 Å². The lowest BCUT2D eigenvalue weighted by atomic mass is 10.1. The number of halogens is 1. The molecule has 2 aromatic rings. The Labute approximate surface area is 117 Å². The summed E-state index contributed by atoms with van der Waals surface area (Å²) < 4.78 is 3.69. The van der Waals surface area contributed by atoms with Gasteiger partial charge in [0.25, 0.3) is 0 Å². The van der Waals surface area contributed by atoms with E-state index in [1.54, 1.807) is 17.9 Å². The van der Waals surface area contributed by atoms with Crippen LogP contribution in [0.25, 0.3) is 0 Å². The first kappa shape index (κ1) is 13.8. The van der Waals surface area contributed by atoms with Crippen molar-refractivity contribution in [1.29, 1.82) is 0 Å². The first-order chi connectivity index (χ1) is 8.90. The second kappa shape index (κ2) is 5.17. The molecule has 0 aliphatic carbocycles. The van der Waals surface area contributed by atoms with Gasteiger partial charge in [-0.05, 0) is 26.8 Å². The normalized spacial score (nSPS) is 12.7. The van der Waals surface area contributed by atoms with E-state index in [1.165, 1.54) is 0 Å². The smallest absolute Gasteiger partial charge is 0.182 e. The zero-order chi connectivity index (χ0) is 14.2. The van der Waals surface area contributed by atoms with Gasteiger partial charge >= 0.3 is 0 Å². The summed E-state index contributed by atoms with van der Waals surface area (Å²) in [5.41, 5.74) is 2.59. The molecule has 2 heterocycles. The molecule has 0 bridgehead atoms. The highest BCUT2D eigenvalue weighted by atomic mass is 35.5. The molecule has 0 aliphatic rings. The van der Waals surface area contributed by atoms with Gasteiger partial charge in [-0.3, -0.25) is 9.48 Å². The summed E-state index contributed by atoms with van der Waals surface area (Å²) in [4.78, 5) is 16.2. The topological polar surface area (TPSA) is 52.7 Å². The number of aryl methyl sites for hydroxylation is 2. The van der Waals surface area contributed by atoms with Crippen LogP contribution < -0.4 is 0 Å². The zero-order valence-corrected chi connectivity index (χ0v) is 12.3. The molecule has 0 aliphatic heterocycles. The van der Waals surface area contributed by atoms with Crippen LogP contribution >= 0.6 is 11.6 Å². The molecular formula is C13H17ClN4O. The summed E-state index contributed by atoms with van der Waals surface area (Å²) in [5.74, 6) is 0.678. The fraction of sp³-hybridized carbons (Fsp3) is 0.462. The van der Waals surface area contributed by atoms with Crippen molar-refractivity contribution in [2.24, 2.45) is 7.05 Å². The van der Waals surface area contributed by atoms with Gasteiger partial charge in [-0.1, -0.05) is 0 Å². The first-order valence-corrected chi connectivity index (χ1v) is 6.53. The molecule has 1 atom stereocenters. The van der Waals surface area contributed by atoms with Crippen LogP contribution in [0.4, 0.5) is 0 Å². The summed E-state index contributed by atoms with van der Waals surface area (Å²) in [6.45, 7) is 6.13. The van der Waals surface area contributed by atoms with Crippen molar-refractivity contribution >= 4 is 17.4 Å². The standard InChI is InChI=1S/C13H17ClN4O/c1-8-5-11(13(19)9(2)14)10(3)18(8)6-12-15-7-17(4)16-12/h5,7,9H,6H2,1-4H3. The van der Waals surface area contributed by atoms with Crippen LogP contribution in [-0.2, 0) is 13.6 Å². The Balaban J connectivity index is 2.34. The van der Waals surface area contributed by atoms with Crippen molar-refractivity contribution in [2.75, 3.05) is 0 Å². The third kappa shape index (κ3) is 2.71. The van der Waals surface area contributed by atoms with E-state index >= 15 is 0 Å². The maximum atomic E-state index is 12.0. The molecule has 0 saturated heterocycles. The molecule has 6 heteroatoms. The van der Waals surface area contributed by atoms with Gasteiger partial charge in [-0.15, -0.1) is 11.6 Å². The monoisotopic (exact) mass is 280 g/mol. The van der Waals surface area contributed by atoms with E-state index < -0.39 is 5.38 Å². The molecule has 1 unspecified atom stereocenters. The van der Waals surface area contributed by atoms with Crippen molar-refractivity contribution in [3.05, 3.63) is 35.2 Å². The number of hydrogen-bond acceptors (Lipinski definition) is 3. The van der Waals surface area contributed by atoms with Gasteiger partial charge in [-0.25, -0.2) is 4.98 Å². The number of alkyl halides is 1. The summed E-state index contributed by atoms with van der Waals surface area (Å²) in [5, 5.41) is 3.74. The predicted molar refractivity (Wildman–Crippen MR) is 73.7 cm³/mol. The average molecular weight is 281 g/mol. The number of rotatable bonds is 4. The van der Waals surface area contributed by atoms with Crippen LogP contribution in [0.3, 0.4) is 0 Å². The third-order valence-electron chi connectivity index (χ3n) is 3.15. The van der Waals surface area contributed by atoms with E-state index in [1.807, 2.05) is 31.5 Å². The van der Waals surface area contributed by atoms with Crippen LogP contribution in [0, 0.1) is 13.8 Å². The number of Topliss-reactive ketones (excluding diaryl/α,β-unsaturated/α-hetero) is 1. The molecule has 2 rings (SSSR count). The minimum absolute atomic E-state index is 0.0463. The van der Waals surface area contributed by atoms with Gasteiger partial charge in [0.1, 0.15) is 6.33 Å². The van der Waals surface area contributed by atoms with E-state index in [0.717, 1.165) is 17.2 Å². The second-order valence-electron chi connectivity index (χ2n) is 4.69. The van der Waals surface area contributed by atoms with Gasteiger partial charge in [0.15, 0.2) is 11.6 Å². The van der Waals surface area contributed by atoms with Crippen LogP contribution in [0.1, 0.15) is 34.5 Å². The molecule has 0 fully saturated rings. The van der Waals surface area contributed by atoms with Crippen molar-refractivity contribution in [3.8, 4) is 0 Å². The predicted octanol–water partition coefficient (Wildman–Crippen LogP) is 2.09. The SMILES string of the molecule is Cc1cc(C(=O)C(C)Cl)c(C)n1Cc1ncn(C)n1. The highest BCUT2D eigenvalue weighted by molar-refractivity contribution is 6.33. The van der Waals surface area contributed by atoms with Crippen LogP contribution in [0.5, 0.6) is 0 Å². The Morgan fingerprint density at radius 3 is 2.68 bits per heavy atom. The van der Waals surface area contributed by atoms with Crippen LogP contribution in [0.2, 0.25) is 0 Å². The number of carbonyl (C=O) groups excluding carboxylic acids is 1. The molecule has 0 N–H and O–H groups in total. The van der Waals surface area contributed by atoms with Gasteiger partial charge in [-0.2, -0.15) is 5.10 Å². The Hall–Kier alpha value is -1.62. The first-order valence-electron chi connectivity index (χ1n) is 6.09. The highest BCUT2D eigenvalue weighted by Gasteiger charge is 2.19. The van der Waals surface area contributed by atoms with Crippen molar-refractivity contribution < 1.29 is 4.79 Å². The number of carbonyl (C=O) groups is 1. The Bertz CT molecular complexity index is 612. The number of ketones is 1. The Morgan fingerprint density at radius 1 is 1.47 bits per heavy atom. The molecule has 0 aromatic carbocycles. The second-order valence-corrected chi connectivity index (χ2v) is 5.34. The largest absolute Gasteiger partial charge is 0.341 e. The number of aromatic nitrogens is 4. The summed E-state index contributed by atoms with van der Waals surface area (Å²) in [6.07, 6.45) is 1.66. The molecular weight excluding hydrogens is 264 g/mol. The number of hydrogen-bond donors (Lipinski definition) is 0. The fourth-order valence-electron chi connectivity index (χ4n) is 2.11. The molecule has 102 valence electrons. The third-order valence-corrected chi connectivity index (χ3v) is 3.35. The summed E-state index contributed by atoms with van der Waals surface area (Å²) in [6, 6.07) is 1.87. The Morgan fingerprint density at radius 2 is 2.16 bits per heavy atom. The molecule has 19 heavy (non-hydrogen) atoms. The maximum absolute atomic E-state index is 12.0. The van der Waals surface area contributed by atoms with Gasteiger partial charge in [0, 0.05) is 24.0 Å². The molecule has 0 radical (unpaired) electrons. The van der Waals surface area contributed by atoms with Crippen LogP contribution in [-0.4, -0.2) is 30.5 Å². The van der Waals surface area contributed by atoms with Crippen molar-refractivity contribution in [3.63, 3.8) is 0 Å². The minimum Gasteiger partial charge on any atom is -0.341 e. The van der Waals surface area contributed by atoms with Gasteiger partial charge in [0.05, 0.1) is 11.9 Å². The fourth-order valence-corrected chi connectivity index (χ4v) is 2.22. The summed E-state index contributed by atoms with van der Waals surface area (Å²) in [7, 11) is 1.83. The van der Waals surface area contributed by atoms with Gasteiger partial charge in [0.2, 0.25) is 0 Å². The molecule has 2 aromatic heterocycles. The number of nitrogens with zero attached hydrogens (tertiary/aromatic N) is 4. The summed E-state index contributed by atoms with van der Waals surface area (Å²) >= 11 is 5.87. The van der Waals surface area contributed by atoms with E-state index in [9.17, 15) is 4.79 Å². The minimum atomic E-state index is -0.512. The van der Waals surface area contributed by atoms with E-state index in [2.05, 4.69) is 10.1 Å². The van der Waals surface area contributed by atoms with Crippen molar-refractivity contribution in [1.82, 2.24) is 19.3 Å². The lowest BCUT2D eigenvalue weighted by Crippen LogP contribution is -2.12. The highest BCUT2D eigenvalue weighted by Crippen LogP contribution is 2.19. The average Bonchev–Trinajstić information content (AvgIpc) is 2.87.